The average Bonchev–Trinajstić information content (AvgIpc) is 3.20. The van der Waals surface area contributed by atoms with Crippen molar-refractivity contribution < 1.29 is 14.3 Å². The van der Waals surface area contributed by atoms with Crippen LogP contribution in [0.4, 0.5) is 5.13 Å². The van der Waals surface area contributed by atoms with E-state index in [-0.39, 0.29) is 24.0 Å². The molecular formula is C23H25N5O4S2. The molecule has 1 N–H and O–H groups in total. The highest BCUT2D eigenvalue weighted by Crippen LogP contribution is 2.29. The molecule has 3 aromatic rings. The van der Waals surface area contributed by atoms with Gasteiger partial charge in [0.15, 0.2) is 5.13 Å². The zero-order valence-corrected chi connectivity index (χ0v) is 20.6. The van der Waals surface area contributed by atoms with Crippen molar-refractivity contribution >= 4 is 40.1 Å². The largest absolute Gasteiger partial charge is 0.462 e. The number of pyridine rings is 1. The number of esters is 1. The number of amides is 1. The lowest BCUT2D eigenvalue weighted by Crippen LogP contribution is -2.30. The maximum atomic E-state index is 12.9. The van der Waals surface area contributed by atoms with Gasteiger partial charge in [-0.2, -0.15) is 4.98 Å². The maximum absolute atomic E-state index is 12.9. The second kappa shape index (κ2) is 10.9. The Hall–Kier alpha value is -3.05. The number of thiazole rings is 1. The minimum absolute atomic E-state index is 0.0822. The Balaban J connectivity index is 1.47. The molecule has 3 aromatic heterocycles. The number of rotatable bonds is 8. The first-order valence-electron chi connectivity index (χ1n) is 11.0. The highest BCUT2D eigenvalue weighted by atomic mass is 32.2. The fourth-order valence-electron chi connectivity index (χ4n) is 3.83. The molecule has 178 valence electrons. The van der Waals surface area contributed by atoms with Crippen molar-refractivity contribution in [2.45, 2.75) is 51.1 Å². The molecule has 0 aliphatic heterocycles. The molecule has 3 heterocycles. The molecule has 11 heteroatoms. The number of hydrogen-bond acceptors (Lipinski definition) is 9. The van der Waals surface area contributed by atoms with Crippen LogP contribution < -0.4 is 11.0 Å². The van der Waals surface area contributed by atoms with Crippen molar-refractivity contribution in [1.82, 2.24) is 19.5 Å². The van der Waals surface area contributed by atoms with Crippen LogP contribution in [0.1, 0.15) is 52.0 Å². The van der Waals surface area contributed by atoms with Crippen LogP contribution >= 0.6 is 23.1 Å². The molecule has 9 nitrogen and oxygen atoms in total. The summed E-state index contributed by atoms with van der Waals surface area (Å²) >= 11 is 2.34. The van der Waals surface area contributed by atoms with Crippen LogP contribution in [0.15, 0.2) is 34.3 Å². The minimum Gasteiger partial charge on any atom is -0.462 e. The Labute approximate surface area is 205 Å². The molecule has 4 rings (SSSR count). The maximum Gasteiger partial charge on any atom is 0.350 e. The second-order valence-corrected chi connectivity index (χ2v) is 9.73. The molecule has 0 saturated heterocycles. The van der Waals surface area contributed by atoms with Crippen molar-refractivity contribution in [2.24, 2.45) is 0 Å². The molecule has 0 bridgehead atoms. The molecule has 0 atom stereocenters. The standard InChI is InChI=1S/C23H25N5O4S2/c1-3-32-21(30)19-14(2)25-22(34-19)26-18(29)13-33-20-16-8-4-5-9-17(16)28(23(31)27-20)12-15-7-6-10-24-11-15/h6-7,10-11H,3-5,8-9,12-13H2,1-2H3,(H,25,26,29). The van der Waals surface area contributed by atoms with Crippen LogP contribution in [0, 0.1) is 6.92 Å². The van der Waals surface area contributed by atoms with Gasteiger partial charge < -0.3 is 10.1 Å². The van der Waals surface area contributed by atoms with E-state index in [1.807, 2.05) is 12.1 Å². The second-order valence-electron chi connectivity index (χ2n) is 7.77. The summed E-state index contributed by atoms with van der Waals surface area (Å²) in [4.78, 5) is 50.5. The number of nitrogens with zero attached hydrogens (tertiary/aromatic N) is 4. The molecular weight excluding hydrogens is 474 g/mol. The molecule has 0 fully saturated rings. The van der Waals surface area contributed by atoms with E-state index in [2.05, 4.69) is 20.3 Å². The molecule has 1 aliphatic rings. The lowest BCUT2D eigenvalue weighted by Gasteiger charge is -2.22. The van der Waals surface area contributed by atoms with E-state index in [0.717, 1.165) is 53.8 Å². The SMILES string of the molecule is CCOC(=O)c1sc(NC(=O)CSc2nc(=O)n(Cc3cccnc3)c3c2CCCC3)nc1C. The highest BCUT2D eigenvalue weighted by Gasteiger charge is 2.22. The number of fused-ring (bicyclic) bond motifs is 1. The first-order chi connectivity index (χ1) is 16.5. The quantitative estimate of drug-likeness (QED) is 0.285. The van der Waals surface area contributed by atoms with E-state index in [4.69, 9.17) is 4.74 Å². The van der Waals surface area contributed by atoms with Crippen molar-refractivity contribution in [1.29, 1.82) is 0 Å². The first-order valence-corrected chi connectivity index (χ1v) is 12.8. The summed E-state index contributed by atoms with van der Waals surface area (Å²) in [6, 6.07) is 3.79. The summed E-state index contributed by atoms with van der Waals surface area (Å²) < 4.78 is 6.74. The van der Waals surface area contributed by atoms with Crippen LogP contribution in [0.5, 0.6) is 0 Å². The van der Waals surface area contributed by atoms with Gasteiger partial charge in [0, 0.05) is 23.7 Å². The van der Waals surface area contributed by atoms with Crippen molar-refractivity contribution in [3.63, 3.8) is 0 Å². The number of carbonyl (C=O) groups excluding carboxylic acids is 2. The summed E-state index contributed by atoms with van der Waals surface area (Å²) in [5, 5.41) is 3.68. The van der Waals surface area contributed by atoms with Crippen LogP contribution in [0.25, 0.3) is 0 Å². The smallest absolute Gasteiger partial charge is 0.350 e. The normalized spacial score (nSPS) is 12.8. The van der Waals surface area contributed by atoms with Gasteiger partial charge in [0.2, 0.25) is 5.91 Å². The number of carbonyl (C=O) groups is 2. The molecule has 0 spiro atoms. The zero-order chi connectivity index (χ0) is 24.1. The topological polar surface area (TPSA) is 116 Å². The van der Waals surface area contributed by atoms with Gasteiger partial charge in [0.05, 0.1) is 24.6 Å². The fourth-order valence-corrected chi connectivity index (χ4v) is 5.58. The van der Waals surface area contributed by atoms with Gasteiger partial charge in [-0.15, -0.1) is 0 Å². The first kappa shape index (κ1) is 24.1. The van der Waals surface area contributed by atoms with Crippen LogP contribution in [-0.4, -0.2) is 43.8 Å². The lowest BCUT2D eigenvalue weighted by atomic mass is 9.97. The fraction of sp³-hybridized carbons (Fsp3) is 0.391. The Kier molecular flexibility index (Phi) is 7.73. The number of anilines is 1. The van der Waals surface area contributed by atoms with Crippen LogP contribution in [0.2, 0.25) is 0 Å². The summed E-state index contributed by atoms with van der Waals surface area (Å²) in [5.74, 6) is -0.645. The predicted molar refractivity (Wildman–Crippen MR) is 131 cm³/mol. The number of aryl methyl sites for hydroxylation is 1. The number of ether oxygens (including phenoxy) is 1. The Morgan fingerprint density at radius 3 is 2.85 bits per heavy atom. The monoisotopic (exact) mass is 499 g/mol. The summed E-state index contributed by atoms with van der Waals surface area (Å²) in [5.41, 5.74) is 3.18. The molecule has 1 aliphatic carbocycles. The Morgan fingerprint density at radius 2 is 2.09 bits per heavy atom. The molecule has 0 unspecified atom stereocenters. The number of thioether (sulfide) groups is 1. The van der Waals surface area contributed by atoms with E-state index < -0.39 is 5.97 Å². The van der Waals surface area contributed by atoms with Gasteiger partial charge >= 0.3 is 11.7 Å². The minimum atomic E-state index is -0.449. The van der Waals surface area contributed by atoms with Crippen molar-refractivity contribution in [3.05, 3.63) is 62.4 Å². The van der Waals surface area contributed by atoms with E-state index >= 15 is 0 Å². The van der Waals surface area contributed by atoms with Crippen molar-refractivity contribution in [2.75, 3.05) is 17.7 Å². The molecule has 34 heavy (non-hydrogen) atoms. The third-order valence-electron chi connectivity index (χ3n) is 5.36. The van der Waals surface area contributed by atoms with E-state index in [0.29, 0.717) is 27.3 Å². The molecule has 0 saturated carbocycles. The Bertz CT molecular complexity index is 1260. The van der Waals surface area contributed by atoms with Crippen LogP contribution in [-0.2, 0) is 28.9 Å². The van der Waals surface area contributed by atoms with Gasteiger partial charge in [-0.25, -0.2) is 14.6 Å². The Morgan fingerprint density at radius 1 is 1.26 bits per heavy atom. The predicted octanol–water partition coefficient (Wildman–Crippen LogP) is 3.24. The summed E-state index contributed by atoms with van der Waals surface area (Å²) in [6.07, 6.45) is 7.13. The van der Waals surface area contributed by atoms with E-state index in [9.17, 15) is 14.4 Å². The number of hydrogen-bond donors (Lipinski definition) is 1. The zero-order valence-electron chi connectivity index (χ0n) is 19.0. The third-order valence-corrected chi connectivity index (χ3v) is 7.43. The highest BCUT2D eigenvalue weighted by molar-refractivity contribution is 8.00. The van der Waals surface area contributed by atoms with Gasteiger partial charge in [-0.3, -0.25) is 14.3 Å². The number of aromatic nitrogens is 4. The molecule has 0 radical (unpaired) electrons. The summed E-state index contributed by atoms with van der Waals surface area (Å²) in [7, 11) is 0. The molecule has 0 aromatic carbocycles. The number of nitrogens with one attached hydrogen (secondary N) is 1. The molecule has 1 amide bonds. The van der Waals surface area contributed by atoms with E-state index in [1.165, 1.54) is 11.8 Å². The van der Waals surface area contributed by atoms with Gasteiger partial charge in [-0.1, -0.05) is 29.2 Å². The third kappa shape index (κ3) is 5.53. The van der Waals surface area contributed by atoms with Gasteiger partial charge in [0.1, 0.15) is 9.90 Å². The van der Waals surface area contributed by atoms with Crippen LogP contribution in [0.3, 0.4) is 0 Å². The lowest BCUT2D eigenvalue weighted by molar-refractivity contribution is -0.113. The van der Waals surface area contributed by atoms with E-state index in [1.54, 1.807) is 30.8 Å². The average molecular weight is 500 g/mol. The van der Waals surface area contributed by atoms with Gasteiger partial charge in [0.25, 0.3) is 0 Å². The summed E-state index contributed by atoms with van der Waals surface area (Å²) in [6.45, 7) is 4.13. The van der Waals surface area contributed by atoms with Crippen molar-refractivity contribution in [3.8, 4) is 0 Å². The van der Waals surface area contributed by atoms with Gasteiger partial charge in [-0.05, 0) is 51.2 Å².